The Kier molecular flexibility index (Phi) is 4.67. The number of nitrogens with one attached hydrogen (secondary N) is 1. The summed E-state index contributed by atoms with van der Waals surface area (Å²) in [5, 5.41) is 3.47. The zero-order chi connectivity index (χ0) is 18.9. The zero-order valence-electron chi connectivity index (χ0n) is 15.7. The van der Waals surface area contributed by atoms with Crippen molar-refractivity contribution in [2.24, 2.45) is 0 Å². The molecule has 1 aliphatic carbocycles. The molecule has 2 saturated heterocycles. The SMILES string of the molecule is Fc1c(C2CC2)ncnc1N1CCC(Nc2ccnc(N3CCOCC3)n2)C1. The van der Waals surface area contributed by atoms with Crippen LogP contribution in [0, 0.1) is 5.82 Å². The topological polar surface area (TPSA) is 79.3 Å². The number of rotatable bonds is 5. The molecule has 0 amide bonds. The second kappa shape index (κ2) is 7.46. The van der Waals surface area contributed by atoms with E-state index in [0.717, 1.165) is 50.7 Å². The van der Waals surface area contributed by atoms with Gasteiger partial charge in [0.2, 0.25) is 5.95 Å². The summed E-state index contributed by atoms with van der Waals surface area (Å²) in [5.41, 5.74) is 0.576. The number of ether oxygens (including phenoxy) is 1. The minimum absolute atomic E-state index is 0.186. The molecule has 28 heavy (non-hydrogen) atoms. The van der Waals surface area contributed by atoms with Gasteiger partial charge in [-0.1, -0.05) is 0 Å². The van der Waals surface area contributed by atoms with E-state index in [4.69, 9.17) is 4.74 Å². The minimum Gasteiger partial charge on any atom is -0.378 e. The predicted octanol–water partition coefficient (Wildman–Crippen LogP) is 1.81. The van der Waals surface area contributed by atoms with E-state index in [1.807, 2.05) is 11.0 Å². The van der Waals surface area contributed by atoms with Gasteiger partial charge in [-0.15, -0.1) is 0 Å². The molecule has 0 bridgehead atoms. The number of morpholine rings is 1. The normalized spacial score (nSPS) is 22.5. The molecule has 0 radical (unpaired) electrons. The maximum Gasteiger partial charge on any atom is 0.227 e. The van der Waals surface area contributed by atoms with E-state index in [2.05, 4.69) is 30.2 Å². The maximum absolute atomic E-state index is 14.8. The molecule has 2 aromatic heterocycles. The molecular weight excluding hydrogens is 361 g/mol. The van der Waals surface area contributed by atoms with Crippen molar-refractivity contribution in [1.29, 1.82) is 0 Å². The van der Waals surface area contributed by atoms with E-state index in [0.29, 0.717) is 31.3 Å². The Balaban J connectivity index is 1.25. The highest BCUT2D eigenvalue weighted by molar-refractivity contribution is 5.47. The lowest BCUT2D eigenvalue weighted by atomic mass is 10.2. The molecule has 3 aliphatic rings. The van der Waals surface area contributed by atoms with Gasteiger partial charge in [-0.3, -0.25) is 0 Å². The molecule has 2 aliphatic heterocycles. The van der Waals surface area contributed by atoms with Crippen LogP contribution < -0.4 is 15.1 Å². The molecule has 1 atom stereocenters. The lowest BCUT2D eigenvalue weighted by Crippen LogP contribution is -2.37. The van der Waals surface area contributed by atoms with Crippen molar-refractivity contribution in [3.8, 4) is 0 Å². The standard InChI is InChI=1S/C19H24FN7O/c20-16-17(13-1-2-13)22-12-23-18(16)27-6-4-14(11-27)24-15-3-5-21-19(25-15)26-7-9-28-10-8-26/h3,5,12-14H,1-2,4,6-11H2,(H,21,24,25). The van der Waals surface area contributed by atoms with Gasteiger partial charge in [-0.05, 0) is 25.3 Å². The summed E-state index contributed by atoms with van der Waals surface area (Å²) in [7, 11) is 0. The summed E-state index contributed by atoms with van der Waals surface area (Å²) in [6.07, 6.45) is 6.22. The second-order valence-electron chi connectivity index (χ2n) is 7.59. The van der Waals surface area contributed by atoms with Crippen molar-refractivity contribution in [3.63, 3.8) is 0 Å². The van der Waals surface area contributed by atoms with Gasteiger partial charge in [-0.25, -0.2) is 19.3 Å². The molecule has 4 heterocycles. The number of anilines is 3. The molecular formula is C19H24FN7O. The first kappa shape index (κ1) is 17.5. The monoisotopic (exact) mass is 385 g/mol. The molecule has 1 unspecified atom stereocenters. The third-order valence-corrected chi connectivity index (χ3v) is 5.54. The fourth-order valence-corrected chi connectivity index (χ4v) is 3.86. The van der Waals surface area contributed by atoms with Crippen molar-refractivity contribution in [3.05, 3.63) is 30.1 Å². The molecule has 5 rings (SSSR count). The van der Waals surface area contributed by atoms with Crippen molar-refractivity contribution in [2.75, 3.05) is 54.5 Å². The Morgan fingerprint density at radius 2 is 1.89 bits per heavy atom. The Morgan fingerprint density at radius 1 is 1.04 bits per heavy atom. The fraction of sp³-hybridized carbons (Fsp3) is 0.579. The van der Waals surface area contributed by atoms with Gasteiger partial charge in [0.25, 0.3) is 0 Å². The molecule has 0 aromatic carbocycles. The van der Waals surface area contributed by atoms with Crippen LogP contribution >= 0.6 is 0 Å². The van der Waals surface area contributed by atoms with Crippen LogP contribution in [0.4, 0.5) is 22.0 Å². The lowest BCUT2D eigenvalue weighted by Gasteiger charge is -2.27. The summed E-state index contributed by atoms with van der Waals surface area (Å²) in [6, 6.07) is 2.06. The highest BCUT2D eigenvalue weighted by atomic mass is 19.1. The van der Waals surface area contributed by atoms with E-state index >= 15 is 0 Å². The van der Waals surface area contributed by atoms with Crippen LogP contribution in [0.25, 0.3) is 0 Å². The average molecular weight is 385 g/mol. The maximum atomic E-state index is 14.8. The van der Waals surface area contributed by atoms with Crippen molar-refractivity contribution in [2.45, 2.75) is 31.2 Å². The molecule has 2 aromatic rings. The summed E-state index contributed by atoms with van der Waals surface area (Å²) in [4.78, 5) is 21.5. The highest BCUT2D eigenvalue weighted by Crippen LogP contribution is 2.41. The number of hydrogen-bond acceptors (Lipinski definition) is 8. The van der Waals surface area contributed by atoms with Gasteiger partial charge < -0.3 is 19.9 Å². The Morgan fingerprint density at radius 3 is 2.71 bits per heavy atom. The fourth-order valence-electron chi connectivity index (χ4n) is 3.86. The Bertz CT molecular complexity index is 841. The van der Waals surface area contributed by atoms with Gasteiger partial charge in [0.05, 0.1) is 18.9 Å². The first-order chi connectivity index (χ1) is 13.8. The largest absolute Gasteiger partial charge is 0.378 e. The van der Waals surface area contributed by atoms with Crippen LogP contribution in [0.15, 0.2) is 18.6 Å². The van der Waals surface area contributed by atoms with Crippen molar-refractivity contribution in [1.82, 2.24) is 19.9 Å². The molecule has 1 N–H and O–H groups in total. The lowest BCUT2D eigenvalue weighted by molar-refractivity contribution is 0.122. The van der Waals surface area contributed by atoms with E-state index in [9.17, 15) is 4.39 Å². The van der Waals surface area contributed by atoms with E-state index in [1.54, 1.807) is 6.20 Å². The molecule has 9 heteroatoms. The van der Waals surface area contributed by atoms with Crippen LogP contribution in [0.2, 0.25) is 0 Å². The van der Waals surface area contributed by atoms with Crippen LogP contribution in [-0.4, -0.2) is 65.4 Å². The van der Waals surface area contributed by atoms with Gasteiger partial charge in [0, 0.05) is 44.3 Å². The molecule has 0 spiro atoms. The summed E-state index contributed by atoms with van der Waals surface area (Å²) in [5.74, 6) is 1.97. The minimum atomic E-state index is -0.248. The van der Waals surface area contributed by atoms with Crippen molar-refractivity contribution >= 4 is 17.6 Å². The van der Waals surface area contributed by atoms with E-state index < -0.39 is 0 Å². The summed E-state index contributed by atoms with van der Waals surface area (Å²) < 4.78 is 20.2. The number of halogens is 1. The molecule has 1 saturated carbocycles. The van der Waals surface area contributed by atoms with Crippen LogP contribution in [-0.2, 0) is 4.74 Å². The number of hydrogen-bond donors (Lipinski definition) is 1. The second-order valence-corrected chi connectivity index (χ2v) is 7.59. The smallest absolute Gasteiger partial charge is 0.227 e. The van der Waals surface area contributed by atoms with Gasteiger partial charge in [0.1, 0.15) is 12.1 Å². The van der Waals surface area contributed by atoms with Crippen LogP contribution in [0.1, 0.15) is 30.9 Å². The first-order valence-electron chi connectivity index (χ1n) is 9.95. The zero-order valence-corrected chi connectivity index (χ0v) is 15.7. The Labute approximate surface area is 163 Å². The number of aromatic nitrogens is 4. The summed E-state index contributed by atoms with van der Waals surface area (Å²) in [6.45, 7) is 4.46. The van der Waals surface area contributed by atoms with Gasteiger partial charge in [0.15, 0.2) is 11.6 Å². The third kappa shape index (κ3) is 3.58. The van der Waals surface area contributed by atoms with E-state index in [1.165, 1.54) is 6.33 Å². The molecule has 8 nitrogen and oxygen atoms in total. The average Bonchev–Trinajstić information content (AvgIpc) is 3.48. The van der Waals surface area contributed by atoms with Crippen LogP contribution in [0.3, 0.4) is 0 Å². The van der Waals surface area contributed by atoms with E-state index in [-0.39, 0.29) is 17.8 Å². The van der Waals surface area contributed by atoms with Gasteiger partial charge >= 0.3 is 0 Å². The Hall–Kier alpha value is -2.55. The molecule has 3 fully saturated rings. The van der Waals surface area contributed by atoms with Crippen LogP contribution in [0.5, 0.6) is 0 Å². The summed E-state index contributed by atoms with van der Waals surface area (Å²) >= 11 is 0. The molecule has 148 valence electrons. The van der Waals surface area contributed by atoms with Crippen molar-refractivity contribution < 1.29 is 9.13 Å². The first-order valence-corrected chi connectivity index (χ1v) is 9.95. The van der Waals surface area contributed by atoms with Gasteiger partial charge in [-0.2, -0.15) is 4.98 Å². The number of nitrogens with zero attached hydrogens (tertiary/aromatic N) is 6. The highest BCUT2D eigenvalue weighted by Gasteiger charge is 2.32. The quantitative estimate of drug-likeness (QED) is 0.835. The predicted molar refractivity (Wildman–Crippen MR) is 103 cm³/mol. The third-order valence-electron chi connectivity index (χ3n) is 5.54.